The molecule has 8 heteroatoms. The van der Waals surface area contributed by atoms with Gasteiger partial charge >= 0.3 is 5.97 Å². The Bertz CT molecular complexity index is 1030. The molecular formula is C20H24N2O5S. The zero-order valence-electron chi connectivity index (χ0n) is 16.3. The summed E-state index contributed by atoms with van der Waals surface area (Å²) in [6, 6.07) is 6.96. The molecule has 0 spiro atoms. The highest BCUT2D eigenvalue weighted by atomic mass is 32.2. The van der Waals surface area contributed by atoms with E-state index in [2.05, 4.69) is 4.98 Å². The van der Waals surface area contributed by atoms with Crippen LogP contribution in [0.3, 0.4) is 0 Å². The number of fused-ring (bicyclic) bond motifs is 1. The van der Waals surface area contributed by atoms with Crippen LogP contribution in [0, 0.1) is 6.92 Å². The Morgan fingerprint density at radius 1 is 1.29 bits per heavy atom. The number of aryl methyl sites for hydroxylation is 1. The summed E-state index contributed by atoms with van der Waals surface area (Å²) in [5, 5.41) is 0.685. The number of nitrogens with zero attached hydrogens (tertiary/aromatic N) is 2. The van der Waals surface area contributed by atoms with Crippen LogP contribution in [0.15, 0.2) is 24.3 Å². The van der Waals surface area contributed by atoms with E-state index in [9.17, 15) is 18.0 Å². The fourth-order valence-electron chi connectivity index (χ4n) is 3.55. The molecule has 1 saturated heterocycles. The van der Waals surface area contributed by atoms with E-state index in [1.54, 1.807) is 7.05 Å². The first kappa shape index (κ1) is 20.3. The molecule has 28 heavy (non-hydrogen) atoms. The first-order chi connectivity index (χ1) is 13.2. The number of aromatic nitrogens is 1. The molecule has 7 nitrogen and oxygen atoms in total. The number of likely N-dealkylation sites (N-methyl/N-ethyl adjacent to an activating group) is 1. The predicted molar refractivity (Wildman–Crippen MR) is 106 cm³/mol. The van der Waals surface area contributed by atoms with Gasteiger partial charge in [0.1, 0.15) is 0 Å². The molecule has 0 aliphatic carbocycles. The van der Waals surface area contributed by atoms with E-state index in [4.69, 9.17) is 4.74 Å². The lowest BCUT2D eigenvalue weighted by Gasteiger charge is -2.23. The van der Waals surface area contributed by atoms with Crippen LogP contribution in [-0.4, -0.2) is 61.4 Å². The standard InChI is InChI=1S/C20H24N2O5S/c1-4-16-13(2)19(15-7-5-6-8-17(15)21-16)20(24)27-11-18(23)22(3)14-9-10-28(25,26)12-14/h5-8,14H,4,9-12H2,1-3H3/t14-/m1/s1. The van der Waals surface area contributed by atoms with Crippen LogP contribution in [0.4, 0.5) is 0 Å². The molecule has 1 atom stereocenters. The Kier molecular flexibility index (Phi) is 5.69. The van der Waals surface area contributed by atoms with Gasteiger partial charge in [-0.3, -0.25) is 9.78 Å². The molecule has 2 aromatic rings. The Balaban J connectivity index is 1.76. The average Bonchev–Trinajstić information content (AvgIpc) is 3.04. The summed E-state index contributed by atoms with van der Waals surface area (Å²) in [5.74, 6) is -0.956. The van der Waals surface area contributed by atoms with E-state index < -0.39 is 28.3 Å². The maximum Gasteiger partial charge on any atom is 0.339 e. The first-order valence-electron chi connectivity index (χ1n) is 9.25. The van der Waals surface area contributed by atoms with Crippen molar-refractivity contribution in [1.29, 1.82) is 0 Å². The second-order valence-corrected chi connectivity index (χ2v) is 9.30. The predicted octanol–water partition coefficient (Wildman–Crippen LogP) is 1.91. The van der Waals surface area contributed by atoms with Crippen LogP contribution < -0.4 is 0 Å². The number of benzene rings is 1. The van der Waals surface area contributed by atoms with Crippen molar-refractivity contribution in [3.8, 4) is 0 Å². The molecule has 1 aliphatic rings. The van der Waals surface area contributed by atoms with E-state index in [-0.39, 0.29) is 17.5 Å². The van der Waals surface area contributed by atoms with Gasteiger partial charge in [0.25, 0.3) is 5.91 Å². The van der Waals surface area contributed by atoms with Gasteiger partial charge in [-0.1, -0.05) is 25.1 Å². The number of carbonyl (C=O) groups excluding carboxylic acids is 2. The van der Waals surface area contributed by atoms with Gasteiger partial charge in [-0.2, -0.15) is 0 Å². The number of hydrogen-bond acceptors (Lipinski definition) is 6. The molecule has 0 bridgehead atoms. The maximum atomic E-state index is 12.8. The normalized spacial score (nSPS) is 18.2. The number of esters is 1. The van der Waals surface area contributed by atoms with Crippen LogP contribution in [0.25, 0.3) is 10.9 Å². The molecule has 150 valence electrons. The zero-order valence-corrected chi connectivity index (χ0v) is 17.1. The van der Waals surface area contributed by atoms with Gasteiger partial charge in [-0.05, 0) is 31.4 Å². The van der Waals surface area contributed by atoms with Crippen molar-refractivity contribution in [1.82, 2.24) is 9.88 Å². The van der Waals surface area contributed by atoms with E-state index in [1.807, 2.05) is 38.1 Å². The molecule has 0 N–H and O–H groups in total. The number of rotatable bonds is 5. The molecule has 1 aromatic heterocycles. The third-order valence-corrected chi connectivity index (χ3v) is 7.00. The lowest BCUT2D eigenvalue weighted by Crippen LogP contribution is -2.40. The molecule has 1 amide bonds. The van der Waals surface area contributed by atoms with Crippen molar-refractivity contribution < 1.29 is 22.7 Å². The SMILES string of the molecule is CCc1nc2ccccc2c(C(=O)OCC(=O)N(C)[C@@H]2CCS(=O)(=O)C2)c1C. The largest absolute Gasteiger partial charge is 0.452 e. The summed E-state index contributed by atoms with van der Waals surface area (Å²) in [7, 11) is -1.55. The molecule has 1 aliphatic heterocycles. The Morgan fingerprint density at radius 2 is 2.00 bits per heavy atom. The van der Waals surface area contributed by atoms with Gasteiger partial charge in [0.2, 0.25) is 0 Å². The second kappa shape index (κ2) is 7.87. The fourth-order valence-corrected chi connectivity index (χ4v) is 5.33. The number of sulfone groups is 1. The Hall–Kier alpha value is -2.48. The van der Waals surface area contributed by atoms with E-state index in [0.717, 1.165) is 11.3 Å². The first-order valence-corrected chi connectivity index (χ1v) is 11.1. The van der Waals surface area contributed by atoms with Crippen LogP contribution in [0.1, 0.15) is 35.0 Å². The molecule has 2 heterocycles. The molecule has 0 unspecified atom stereocenters. The number of amides is 1. The fraction of sp³-hybridized carbons (Fsp3) is 0.450. The summed E-state index contributed by atoms with van der Waals surface area (Å²) in [4.78, 5) is 31.1. The third kappa shape index (κ3) is 4.01. The zero-order chi connectivity index (χ0) is 20.5. The summed E-state index contributed by atoms with van der Waals surface area (Å²) in [6.45, 7) is 3.36. The molecule has 0 radical (unpaired) electrons. The van der Waals surface area contributed by atoms with Gasteiger partial charge in [0, 0.05) is 24.2 Å². The highest BCUT2D eigenvalue weighted by Gasteiger charge is 2.33. The van der Waals surface area contributed by atoms with Crippen LogP contribution in [-0.2, 0) is 25.8 Å². The van der Waals surface area contributed by atoms with Gasteiger partial charge in [0.15, 0.2) is 16.4 Å². The highest BCUT2D eigenvalue weighted by Crippen LogP contribution is 2.24. The number of carbonyl (C=O) groups is 2. The lowest BCUT2D eigenvalue weighted by atomic mass is 10.0. The third-order valence-electron chi connectivity index (χ3n) is 5.25. The second-order valence-electron chi connectivity index (χ2n) is 7.07. The quantitative estimate of drug-likeness (QED) is 0.707. The minimum Gasteiger partial charge on any atom is -0.452 e. The minimum absolute atomic E-state index is 0.0445. The van der Waals surface area contributed by atoms with Crippen molar-refractivity contribution in [3.05, 3.63) is 41.1 Å². The van der Waals surface area contributed by atoms with Crippen molar-refractivity contribution in [2.45, 2.75) is 32.7 Å². The number of ether oxygens (including phenoxy) is 1. The van der Waals surface area contributed by atoms with Crippen LogP contribution >= 0.6 is 0 Å². The molecular weight excluding hydrogens is 380 g/mol. The van der Waals surface area contributed by atoms with Gasteiger partial charge in [0.05, 0.1) is 22.6 Å². The monoisotopic (exact) mass is 404 g/mol. The van der Waals surface area contributed by atoms with Gasteiger partial charge < -0.3 is 9.64 Å². The average molecular weight is 404 g/mol. The lowest BCUT2D eigenvalue weighted by molar-refractivity contribution is -0.134. The Morgan fingerprint density at radius 3 is 2.64 bits per heavy atom. The molecule has 1 aromatic carbocycles. The Labute approximate surface area is 164 Å². The number of para-hydroxylation sites is 1. The van der Waals surface area contributed by atoms with Gasteiger partial charge in [-0.15, -0.1) is 0 Å². The highest BCUT2D eigenvalue weighted by molar-refractivity contribution is 7.91. The summed E-state index contributed by atoms with van der Waals surface area (Å²) in [6.07, 6.45) is 1.08. The van der Waals surface area contributed by atoms with E-state index in [1.165, 1.54) is 4.90 Å². The van der Waals surface area contributed by atoms with Gasteiger partial charge in [-0.25, -0.2) is 13.2 Å². The summed E-state index contributed by atoms with van der Waals surface area (Å²) >= 11 is 0. The molecule has 3 rings (SSSR count). The van der Waals surface area contributed by atoms with Crippen molar-refractivity contribution >= 4 is 32.6 Å². The van der Waals surface area contributed by atoms with Crippen LogP contribution in [0.2, 0.25) is 0 Å². The van der Waals surface area contributed by atoms with Crippen molar-refractivity contribution in [2.75, 3.05) is 25.2 Å². The molecule has 0 saturated carbocycles. The number of hydrogen-bond donors (Lipinski definition) is 0. The van der Waals surface area contributed by atoms with Crippen molar-refractivity contribution in [2.24, 2.45) is 0 Å². The molecule has 1 fully saturated rings. The maximum absolute atomic E-state index is 12.8. The summed E-state index contributed by atoms with van der Waals surface area (Å²) in [5.41, 5.74) is 2.68. The smallest absolute Gasteiger partial charge is 0.339 e. The summed E-state index contributed by atoms with van der Waals surface area (Å²) < 4.78 is 28.5. The minimum atomic E-state index is -3.09. The van der Waals surface area contributed by atoms with Crippen LogP contribution in [0.5, 0.6) is 0 Å². The number of pyridine rings is 1. The van der Waals surface area contributed by atoms with E-state index in [0.29, 0.717) is 29.3 Å². The van der Waals surface area contributed by atoms with E-state index >= 15 is 0 Å². The van der Waals surface area contributed by atoms with Crippen molar-refractivity contribution in [3.63, 3.8) is 0 Å². The topological polar surface area (TPSA) is 93.6 Å².